The van der Waals surface area contributed by atoms with Crippen LogP contribution in [-0.4, -0.2) is 18.3 Å². The summed E-state index contributed by atoms with van der Waals surface area (Å²) < 4.78 is 12.9. The van der Waals surface area contributed by atoms with Crippen LogP contribution in [0.5, 0.6) is 0 Å². The highest BCUT2D eigenvalue weighted by Crippen LogP contribution is 2.64. The zero-order valence-corrected chi connectivity index (χ0v) is 23.9. The summed E-state index contributed by atoms with van der Waals surface area (Å²) in [6, 6.07) is 38.8. The van der Waals surface area contributed by atoms with E-state index in [1.807, 2.05) is 0 Å². The monoisotopic (exact) mass is 530 g/mol. The van der Waals surface area contributed by atoms with Crippen molar-refractivity contribution >= 4 is 12.6 Å². The van der Waals surface area contributed by atoms with Crippen LogP contribution < -0.4 is 5.46 Å². The van der Waals surface area contributed by atoms with Crippen LogP contribution in [-0.2, 0) is 21.1 Å². The highest BCUT2D eigenvalue weighted by atomic mass is 16.7. The Hall–Kier alpha value is -3.92. The molecule has 1 heterocycles. The molecule has 9 rings (SSSR count). The zero-order chi connectivity index (χ0) is 27.7. The van der Waals surface area contributed by atoms with Crippen LogP contribution in [0.1, 0.15) is 61.1 Å². The van der Waals surface area contributed by atoms with Crippen LogP contribution >= 0.6 is 0 Å². The number of hydrogen-bond acceptors (Lipinski definition) is 2. The van der Waals surface area contributed by atoms with E-state index < -0.39 is 0 Å². The van der Waals surface area contributed by atoms with Gasteiger partial charge in [0.05, 0.1) is 16.6 Å². The van der Waals surface area contributed by atoms with Crippen LogP contribution in [0.2, 0.25) is 0 Å². The Morgan fingerprint density at radius 1 is 0.537 bits per heavy atom. The van der Waals surface area contributed by atoms with Crippen molar-refractivity contribution in [2.45, 2.75) is 50.7 Å². The van der Waals surface area contributed by atoms with Crippen molar-refractivity contribution in [1.29, 1.82) is 0 Å². The molecule has 0 aromatic heterocycles. The van der Waals surface area contributed by atoms with E-state index in [0.29, 0.717) is 0 Å². The molecule has 3 aliphatic carbocycles. The maximum Gasteiger partial charge on any atom is 0.494 e. The molecule has 3 heteroatoms. The molecule has 0 saturated carbocycles. The molecular formula is C38H31BO2. The second-order valence-corrected chi connectivity index (χ2v) is 13.1. The quantitative estimate of drug-likeness (QED) is 0.201. The van der Waals surface area contributed by atoms with Crippen molar-refractivity contribution in [3.63, 3.8) is 0 Å². The Balaban J connectivity index is 1.26. The van der Waals surface area contributed by atoms with Crippen LogP contribution in [0.4, 0.5) is 0 Å². The van der Waals surface area contributed by atoms with Gasteiger partial charge in [-0.3, -0.25) is 0 Å². The molecule has 0 N–H and O–H groups in total. The normalized spacial score (nSPS) is 19.0. The Kier molecular flexibility index (Phi) is 4.45. The second kappa shape index (κ2) is 7.67. The fraction of sp³-hybridized carbons (Fsp3) is 0.211. The van der Waals surface area contributed by atoms with Gasteiger partial charge in [-0.25, -0.2) is 0 Å². The van der Waals surface area contributed by atoms with Crippen molar-refractivity contribution < 1.29 is 9.31 Å². The largest absolute Gasteiger partial charge is 0.494 e. The van der Waals surface area contributed by atoms with Gasteiger partial charge in [-0.1, -0.05) is 103 Å². The third-order valence-electron chi connectivity index (χ3n) is 10.6. The molecule has 1 fully saturated rings. The summed E-state index contributed by atoms with van der Waals surface area (Å²) >= 11 is 0. The van der Waals surface area contributed by atoms with Gasteiger partial charge in [0, 0.05) is 0 Å². The van der Waals surface area contributed by atoms with Gasteiger partial charge in [-0.2, -0.15) is 0 Å². The van der Waals surface area contributed by atoms with E-state index >= 15 is 0 Å². The van der Waals surface area contributed by atoms with Crippen LogP contribution in [0, 0.1) is 0 Å². The van der Waals surface area contributed by atoms with Gasteiger partial charge < -0.3 is 9.31 Å². The molecule has 41 heavy (non-hydrogen) atoms. The number of hydrogen-bond donors (Lipinski definition) is 0. The fourth-order valence-corrected chi connectivity index (χ4v) is 8.01. The van der Waals surface area contributed by atoms with E-state index in [-0.39, 0.29) is 23.7 Å². The molecule has 0 atom stereocenters. The Bertz CT molecular complexity index is 1890. The summed E-state index contributed by atoms with van der Waals surface area (Å²) in [5.74, 6) is 0. The Labute approximate surface area is 242 Å². The van der Waals surface area contributed by atoms with E-state index in [1.165, 1.54) is 66.8 Å². The molecule has 198 valence electrons. The van der Waals surface area contributed by atoms with Crippen molar-refractivity contribution in [1.82, 2.24) is 0 Å². The van der Waals surface area contributed by atoms with Crippen LogP contribution in [0.3, 0.4) is 0 Å². The summed E-state index contributed by atoms with van der Waals surface area (Å²) in [6.45, 7) is 8.47. The predicted molar refractivity (Wildman–Crippen MR) is 167 cm³/mol. The summed E-state index contributed by atoms with van der Waals surface area (Å²) in [4.78, 5) is 0. The van der Waals surface area contributed by atoms with Gasteiger partial charge in [0.15, 0.2) is 0 Å². The number of rotatable bonds is 1. The molecule has 0 unspecified atom stereocenters. The molecule has 4 aliphatic rings. The molecule has 5 aromatic carbocycles. The molecule has 2 nitrogen and oxygen atoms in total. The first-order valence-electron chi connectivity index (χ1n) is 14.8. The van der Waals surface area contributed by atoms with Crippen molar-refractivity contribution in [3.8, 4) is 33.4 Å². The van der Waals surface area contributed by atoms with E-state index in [0.717, 1.165) is 11.9 Å². The lowest BCUT2D eigenvalue weighted by molar-refractivity contribution is 0.00578. The molecule has 0 radical (unpaired) electrons. The van der Waals surface area contributed by atoms with Gasteiger partial charge in [0.2, 0.25) is 0 Å². The highest BCUT2D eigenvalue weighted by molar-refractivity contribution is 6.62. The van der Waals surface area contributed by atoms with E-state index in [2.05, 4.69) is 131 Å². The Morgan fingerprint density at radius 3 is 1.73 bits per heavy atom. The Morgan fingerprint density at radius 2 is 1.10 bits per heavy atom. The lowest BCUT2D eigenvalue weighted by Gasteiger charge is -2.32. The summed E-state index contributed by atoms with van der Waals surface area (Å²) in [5.41, 5.74) is 16.6. The molecule has 0 amide bonds. The molecular weight excluding hydrogens is 499 g/mol. The van der Waals surface area contributed by atoms with E-state index in [4.69, 9.17) is 9.31 Å². The van der Waals surface area contributed by atoms with Gasteiger partial charge in [-0.15, -0.1) is 0 Å². The van der Waals surface area contributed by atoms with Crippen LogP contribution in [0.25, 0.3) is 33.4 Å². The van der Waals surface area contributed by atoms with E-state index in [9.17, 15) is 0 Å². The standard InChI is InChI=1S/C38H31BO2/c1-36(2)37(3,4)41-39(40-36)24-18-17-23-21-30-25(29(23)22-24)19-20-34-35(30)28-13-7-10-16-33(28)38(34)31-14-8-5-11-26(31)27-12-6-9-15-32(27)38/h5-20,22H,21H2,1-4H3. The van der Waals surface area contributed by atoms with Crippen molar-refractivity contribution in [2.75, 3.05) is 0 Å². The third-order valence-corrected chi connectivity index (χ3v) is 10.6. The molecule has 0 bridgehead atoms. The zero-order valence-electron chi connectivity index (χ0n) is 23.9. The minimum atomic E-state index is -0.362. The van der Waals surface area contributed by atoms with Crippen LogP contribution in [0.15, 0.2) is 103 Å². The minimum absolute atomic E-state index is 0.295. The molecule has 1 aliphatic heterocycles. The fourth-order valence-electron chi connectivity index (χ4n) is 8.01. The lowest BCUT2D eigenvalue weighted by atomic mass is 9.70. The predicted octanol–water partition coefficient (Wildman–Crippen LogP) is 7.90. The smallest absolute Gasteiger partial charge is 0.399 e. The molecule has 1 saturated heterocycles. The highest BCUT2D eigenvalue weighted by Gasteiger charge is 2.53. The van der Waals surface area contributed by atoms with Gasteiger partial charge in [0.1, 0.15) is 0 Å². The maximum atomic E-state index is 6.43. The van der Waals surface area contributed by atoms with Gasteiger partial charge in [0.25, 0.3) is 0 Å². The molecule has 5 aromatic rings. The van der Waals surface area contributed by atoms with Crippen molar-refractivity contribution in [3.05, 3.63) is 137 Å². The van der Waals surface area contributed by atoms with Gasteiger partial charge >= 0.3 is 7.12 Å². The minimum Gasteiger partial charge on any atom is -0.399 e. The second-order valence-electron chi connectivity index (χ2n) is 13.1. The number of benzene rings is 5. The first kappa shape index (κ1) is 23.8. The molecule has 1 spiro atoms. The lowest BCUT2D eigenvalue weighted by Crippen LogP contribution is -2.41. The topological polar surface area (TPSA) is 18.5 Å². The summed E-state index contributed by atoms with van der Waals surface area (Å²) in [7, 11) is -0.362. The maximum absolute atomic E-state index is 6.43. The van der Waals surface area contributed by atoms with Gasteiger partial charge in [-0.05, 0) is 106 Å². The first-order chi connectivity index (χ1) is 19.8. The average Bonchev–Trinajstić information content (AvgIpc) is 3.65. The summed E-state index contributed by atoms with van der Waals surface area (Å²) in [5, 5.41) is 0. The first-order valence-corrected chi connectivity index (χ1v) is 14.8. The summed E-state index contributed by atoms with van der Waals surface area (Å²) in [6.07, 6.45) is 0.936. The average molecular weight is 530 g/mol. The van der Waals surface area contributed by atoms with Crippen molar-refractivity contribution in [2.24, 2.45) is 0 Å². The van der Waals surface area contributed by atoms with E-state index in [1.54, 1.807) is 0 Å². The number of fused-ring (bicyclic) bond motifs is 14. The SMILES string of the molecule is CC1(C)OB(c2ccc3c(c2)-c2ccc4c(c2C3)-c2ccccc2C42c3ccccc3-c3ccccc32)OC1(C)C. The third kappa shape index (κ3) is 2.81.